The molecule has 0 N–H and O–H groups in total. The van der Waals surface area contributed by atoms with E-state index in [1.54, 1.807) is 0 Å². The molecule has 0 heterocycles. The Labute approximate surface area is 206 Å². The zero-order chi connectivity index (χ0) is 28.7. The van der Waals surface area contributed by atoms with Crippen molar-refractivity contribution in [2.75, 3.05) is 0 Å². The van der Waals surface area contributed by atoms with Gasteiger partial charge in [-0.05, 0) is 64.7 Å². The van der Waals surface area contributed by atoms with E-state index in [9.17, 15) is 57.9 Å². The third-order valence-electron chi connectivity index (χ3n) is 5.16. The molecular weight excluding hydrogens is 542 g/mol. The molecule has 0 saturated heterocycles. The van der Waals surface area contributed by atoms with Crippen LogP contribution in [-0.4, -0.2) is 0 Å². The Morgan fingerprint density at radius 1 is 0.526 bits per heavy atom. The van der Waals surface area contributed by atoms with Crippen molar-refractivity contribution in [3.8, 4) is 17.2 Å². The summed E-state index contributed by atoms with van der Waals surface area (Å²) in [6.45, 7) is 0. The van der Waals surface area contributed by atoms with Gasteiger partial charge in [0.05, 0.1) is 33.9 Å². The molecule has 0 radical (unpaired) electrons. The maximum absolute atomic E-state index is 13.1. The third-order valence-corrected chi connectivity index (χ3v) is 5.16. The summed E-state index contributed by atoms with van der Waals surface area (Å²) in [6, 6.07) is 7.42. The summed E-state index contributed by atoms with van der Waals surface area (Å²) in [5.41, 5.74) is -8.23. The lowest BCUT2D eigenvalue weighted by Crippen LogP contribution is -2.11. The molecule has 200 valence electrons. The Morgan fingerprint density at radius 2 is 0.895 bits per heavy atom. The first-order chi connectivity index (χ1) is 17.3. The number of alkyl halides is 12. The largest absolute Gasteiger partial charge is 0.416 e. The molecule has 0 fully saturated rings. The van der Waals surface area contributed by atoms with Gasteiger partial charge in [-0.25, -0.2) is 0 Å². The van der Waals surface area contributed by atoms with Crippen molar-refractivity contribution in [3.63, 3.8) is 0 Å². The van der Waals surface area contributed by atoms with Gasteiger partial charge in [0.1, 0.15) is 0 Å². The molecule has 0 atom stereocenters. The van der Waals surface area contributed by atoms with E-state index in [1.807, 2.05) is 0 Å². The number of allylic oxidation sites excluding steroid dienone is 1. The second-order valence-electron chi connectivity index (χ2n) is 7.88. The van der Waals surface area contributed by atoms with Gasteiger partial charge in [-0.15, -0.1) is 0 Å². The van der Waals surface area contributed by atoms with Crippen LogP contribution in [0.15, 0.2) is 60.7 Å². The lowest BCUT2D eigenvalue weighted by molar-refractivity contribution is -0.144. The van der Waals surface area contributed by atoms with E-state index in [1.165, 1.54) is 6.07 Å². The van der Waals surface area contributed by atoms with Crippen LogP contribution < -0.4 is 0 Å². The third kappa shape index (κ3) is 6.67. The molecule has 3 rings (SSSR count). The van der Waals surface area contributed by atoms with Crippen LogP contribution in [0.5, 0.6) is 0 Å². The van der Waals surface area contributed by atoms with Crippen molar-refractivity contribution in [2.24, 2.45) is 0 Å². The first-order valence-corrected chi connectivity index (χ1v) is 10.1. The number of rotatable bonds is 3. The lowest BCUT2D eigenvalue weighted by Gasteiger charge is -2.15. The molecule has 0 aromatic heterocycles. The fourth-order valence-electron chi connectivity index (χ4n) is 3.35. The Balaban J connectivity index is 2.07. The summed E-state index contributed by atoms with van der Waals surface area (Å²) in [5, 5.41) is 9.38. The second kappa shape index (κ2) is 9.74. The number of benzene rings is 3. The first kappa shape index (κ1) is 28.6. The van der Waals surface area contributed by atoms with Crippen molar-refractivity contribution in [2.45, 2.75) is 24.7 Å². The second-order valence-corrected chi connectivity index (χ2v) is 7.88. The number of hydrogen-bond acceptors (Lipinski definition) is 1. The van der Waals surface area contributed by atoms with E-state index in [0.29, 0.717) is 24.3 Å². The van der Waals surface area contributed by atoms with Crippen molar-refractivity contribution >= 4 is 11.6 Å². The topological polar surface area (TPSA) is 23.8 Å². The van der Waals surface area contributed by atoms with Gasteiger partial charge in [-0.3, -0.25) is 0 Å². The quantitative estimate of drug-likeness (QED) is 0.180. The van der Waals surface area contributed by atoms with Gasteiger partial charge < -0.3 is 0 Å². The van der Waals surface area contributed by atoms with Gasteiger partial charge in [-0.1, -0.05) is 24.3 Å². The maximum atomic E-state index is 13.1. The number of nitrogens with zero attached hydrogens (tertiary/aromatic N) is 1. The average molecular weight is 553 g/mol. The van der Waals surface area contributed by atoms with Crippen molar-refractivity contribution in [1.29, 1.82) is 5.26 Å². The van der Waals surface area contributed by atoms with E-state index < -0.39 is 63.7 Å². The average Bonchev–Trinajstić information content (AvgIpc) is 2.80. The molecule has 0 unspecified atom stereocenters. The molecule has 13 heteroatoms. The highest BCUT2D eigenvalue weighted by Gasteiger charge is 2.38. The van der Waals surface area contributed by atoms with E-state index >= 15 is 0 Å². The van der Waals surface area contributed by atoms with Gasteiger partial charge in [-0.2, -0.15) is 57.9 Å². The smallest absolute Gasteiger partial charge is 0.192 e. The van der Waals surface area contributed by atoms with Crippen LogP contribution in [0.25, 0.3) is 22.8 Å². The molecule has 0 saturated carbocycles. The molecule has 0 amide bonds. The summed E-state index contributed by atoms with van der Waals surface area (Å²) >= 11 is 0. The van der Waals surface area contributed by atoms with Crippen molar-refractivity contribution in [1.82, 2.24) is 0 Å². The highest BCUT2D eigenvalue weighted by atomic mass is 19.4. The van der Waals surface area contributed by atoms with E-state index in [4.69, 9.17) is 0 Å². The summed E-state index contributed by atoms with van der Waals surface area (Å²) in [6.07, 6.45) is -19.6. The van der Waals surface area contributed by atoms with Crippen LogP contribution in [0.1, 0.15) is 33.4 Å². The zero-order valence-electron chi connectivity index (χ0n) is 18.3. The Morgan fingerprint density at radius 3 is 1.24 bits per heavy atom. The molecule has 0 bridgehead atoms. The predicted octanol–water partition coefficient (Wildman–Crippen LogP) is 9.49. The van der Waals surface area contributed by atoms with Crippen LogP contribution in [0.3, 0.4) is 0 Å². The predicted molar refractivity (Wildman–Crippen MR) is 112 cm³/mol. The van der Waals surface area contributed by atoms with Crippen molar-refractivity contribution in [3.05, 3.63) is 94.0 Å². The Bertz CT molecular complexity index is 1330. The first-order valence-electron chi connectivity index (χ1n) is 10.1. The van der Waals surface area contributed by atoms with Gasteiger partial charge in [0, 0.05) is 0 Å². The minimum Gasteiger partial charge on any atom is -0.192 e. The normalized spacial score (nSPS) is 13.4. The van der Waals surface area contributed by atoms with Crippen LogP contribution in [0, 0.1) is 11.3 Å². The Kier molecular flexibility index (Phi) is 7.33. The molecule has 3 aromatic rings. The Hall–Kier alpha value is -3.95. The van der Waals surface area contributed by atoms with Crippen LogP contribution >= 0.6 is 0 Å². The van der Waals surface area contributed by atoms with E-state index in [-0.39, 0.29) is 23.3 Å². The number of halogens is 12. The standard InChI is InChI=1S/C25H11F12N/c26-22(27,28)18-6-15(7-19(10-18)23(29,30)31)14-3-1-13(2-4-14)5-17(12-38)16-8-20(24(32,33)34)11-21(9-16)25(35,36)37/h1-11H/b17-5+. The number of hydrogen-bond donors (Lipinski definition) is 0. The van der Waals surface area contributed by atoms with E-state index in [2.05, 4.69) is 0 Å². The molecule has 0 aliphatic carbocycles. The minimum absolute atomic E-state index is 0.0271. The zero-order valence-corrected chi connectivity index (χ0v) is 18.3. The van der Waals surface area contributed by atoms with Gasteiger partial charge in [0.15, 0.2) is 0 Å². The molecular formula is C25H11F12N. The highest BCUT2D eigenvalue weighted by Crippen LogP contribution is 2.40. The SMILES string of the molecule is N#C/C(=C\c1ccc(-c2cc(C(F)(F)F)cc(C(F)(F)F)c2)cc1)c1cc(C(F)(F)F)cc(C(F)(F)F)c1. The van der Waals surface area contributed by atoms with Crippen LogP contribution in [0.4, 0.5) is 52.7 Å². The van der Waals surface area contributed by atoms with Crippen molar-refractivity contribution < 1.29 is 52.7 Å². The highest BCUT2D eigenvalue weighted by molar-refractivity contribution is 5.90. The lowest BCUT2D eigenvalue weighted by atomic mass is 9.96. The fraction of sp³-hybridized carbons (Fsp3) is 0.160. The van der Waals surface area contributed by atoms with Gasteiger partial charge in [0.25, 0.3) is 0 Å². The molecule has 0 aliphatic rings. The minimum atomic E-state index is -5.15. The molecule has 0 aliphatic heterocycles. The summed E-state index contributed by atoms with van der Waals surface area (Å²) < 4.78 is 157. The maximum Gasteiger partial charge on any atom is 0.416 e. The molecule has 3 aromatic carbocycles. The molecule has 0 spiro atoms. The molecule has 38 heavy (non-hydrogen) atoms. The van der Waals surface area contributed by atoms with Gasteiger partial charge in [0.2, 0.25) is 0 Å². The summed E-state index contributed by atoms with van der Waals surface area (Å²) in [4.78, 5) is 0. The summed E-state index contributed by atoms with van der Waals surface area (Å²) in [5.74, 6) is 0. The van der Waals surface area contributed by atoms with Crippen LogP contribution in [0.2, 0.25) is 0 Å². The molecule has 1 nitrogen and oxygen atoms in total. The van der Waals surface area contributed by atoms with Crippen LogP contribution in [-0.2, 0) is 24.7 Å². The number of nitriles is 1. The van der Waals surface area contributed by atoms with E-state index in [0.717, 1.165) is 30.3 Å². The summed E-state index contributed by atoms with van der Waals surface area (Å²) in [7, 11) is 0. The van der Waals surface area contributed by atoms with Gasteiger partial charge >= 0.3 is 24.7 Å². The fourth-order valence-corrected chi connectivity index (χ4v) is 3.35. The monoisotopic (exact) mass is 553 g/mol.